The number of amides is 2. The number of hydrogen-bond donors (Lipinski definition) is 2. The lowest BCUT2D eigenvalue weighted by Gasteiger charge is -2.40. The van der Waals surface area contributed by atoms with Crippen molar-refractivity contribution in [2.24, 2.45) is 0 Å². The Morgan fingerprint density at radius 2 is 1.91 bits per heavy atom. The predicted octanol–water partition coefficient (Wildman–Crippen LogP) is 5.99. The Hall–Kier alpha value is -3.67. The zero-order valence-electron chi connectivity index (χ0n) is 18.7. The fourth-order valence-corrected chi connectivity index (χ4v) is 5.45. The summed E-state index contributed by atoms with van der Waals surface area (Å²) in [5, 5.41) is 3.10. The van der Waals surface area contributed by atoms with Crippen LogP contribution in [0.5, 0.6) is 0 Å². The summed E-state index contributed by atoms with van der Waals surface area (Å²) >= 11 is 0. The van der Waals surface area contributed by atoms with Gasteiger partial charge in [0.25, 0.3) is 0 Å². The maximum Gasteiger partial charge on any atom is 0.322 e. The molecule has 0 bridgehead atoms. The molecule has 2 amide bonds. The van der Waals surface area contributed by atoms with Crippen LogP contribution in [0, 0.1) is 19.7 Å². The molecule has 2 aliphatic rings. The zero-order valence-corrected chi connectivity index (χ0v) is 18.7. The number of carbonyl (C=O) groups is 1. The van der Waals surface area contributed by atoms with Crippen molar-refractivity contribution >= 4 is 22.8 Å². The van der Waals surface area contributed by atoms with Gasteiger partial charge in [0.15, 0.2) is 0 Å². The number of nitrogens with one attached hydrogen (secondary N) is 2. The first-order valence-electron chi connectivity index (χ1n) is 11.3. The van der Waals surface area contributed by atoms with Crippen LogP contribution in [0.4, 0.5) is 14.9 Å². The molecular weight excluding hydrogens is 415 g/mol. The molecule has 5 nitrogen and oxygen atoms in total. The van der Waals surface area contributed by atoms with E-state index in [2.05, 4.69) is 21.4 Å². The molecule has 2 aromatic heterocycles. The van der Waals surface area contributed by atoms with Crippen molar-refractivity contribution < 1.29 is 9.18 Å². The number of urea groups is 1. The lowest BCUT2D eigenvalue weighted by Crippen LogP contribution is -2.47. The maximum atomic E-state index is 14.3. The van der Waals surface area contributed by atoms with E-state index in [-0.39, 0.29) is 17.3 Å². The number of benzene rings is 2. The van der Waals surface area contributed by atoms with Crippen molar-refractivity contribution in [3.8, 4) is 0 Å². The second-order valence-corrected chi connectivity index (χ2v) is 9.49. The van der Waals surface area contributed by atoms with E-state index >= 15 is 0 Å². The van der Waals surface area contributed by atoms with Crippen molar-refractivity contribution in [2.75, 3.05) is 11.9 Å². The van der Waals surface area contributed by atoms with E-state index in [0.29, 0.717) is 6.54 Å². The third kappa shape index (κ3) is 3.28. The van der Waals surface area contributed by atoms with Crippen LogP contribution in [0.2, 0.25) is 0 Å². The van der Waals surface area contributed by atoms with E-state index in [1.54, 1.807) is 6.07 Å². The first-order valence-corrected chi connectivity index (χ1v) is 11.3. The maximum absolute atomic E-state index is 14.3. The van der Waals surface area contributed by atoms with Gasteiger partial charge in [-0.3, -0.25) is 4.98 Å². The number of halogens is 1. The quantitative estimate of drug-likeness (QED) is 0.402. The van der Waals surface area contributed by atoms with Crippen molar-refractivity contribution in [1.82, 2.24) is 14.9 Å². The topological polar surface area (TPSA) is 61.0 Å². The Kier molecular flexibility index (Phi) is 4.34. The molecule has 1 fully saturated rings. The number of carbonyl (C=O) groups excluding carboxylic acids is 1. The van der Waals surface area contributed by atoms with Gasteiger partial charge in [0.2, 0.25) is 0 Å². The normalized spacial score (nSPS) is 18.4. The summed E-state index contributed by atoms with van der Waals surface area (Å²) in [6.07, 6.45) is 3.82. The molecule has 1 aliphatic heterocycles. The van der Waals surface area contributed by atoms with Crippen molar-refractivity contribution in [2.45, 2.75) is 38.1 Å². The smallest absolute Gasteiger partial charge is 0.322 e. The number of aryl methyl sites for hydroxylation is 2. The minimum atomic E-state index is -0.429. The van der Waals surface area contributed by atoms with E-state index in [4.69, 9.17) is 0 Å². The van der Waals surface area contributed by atoms with Crippen LogP contribution in [0.15, 0.2) is 60.8 Å². The van der Waals surface area contributed by atoms with Gasteiger partial charge in [-0.15, -0.1) is 0 Å². The third-order valence-corrected chi connectivity index (χ3v) is 6.92. The fourth-order valence-electron chi connectivity index (χ4n) is 5.45. The number of H-pyrrole nitrogens is 1. The number of pyridine rings is 1. The molecule has 2 aromatic carbocycles. The highest BCUT2D eigenvalue weighted by molar-refractivity contribution is 5.92. The third-order valence-electron chi connectivity index (χ3n) is 6.92. The molecule has 166 valence electrons. The number of anilines is 1. The predicted molar refractivity (Wildman–Crippen MR) is 127 cm³/mol. The van der Waals surface area contributed by atoms with Crippen LogP contribution in [0.1, 0.15) is 46.8 Å². The minimum absolute atomic E-state index is 0.106. The van der Waals surface area contributed by atoms with E-state index in [1.165, 1.54) is 17.7 Å². The monoisotopic (exact) mass is 440 g/mol. The highest BCUT2D eigenvalue weighted by Gasteiger charge is 2.55. The SMILES string of the molecule is Cc1cc(C)cc(NC(=O)N2CC3(CC3)c3c([nH]c4cccnc34)C2c2cccc(F)c2)c1. The second-order valence-electron chi connectivity index (χ2n) is 9.49. The van der Waals surface area contributed by atoms with Gasteiger partial charge in [-0.25, -0.2) is 9.18 Å². The Bertz CT molecular complexity index is 1380. The van der Waals surface area contributed by atoms with Gasteiger partial charge in [-0.1, -0.05) is 18.2 Å². The average Bonchev–Trinajstić information content (AvgIpc) is 3.41. The molecule has 1 aliphatic carbocycles. The molecule has 2 N–H and O–H groups in total. The lowest BCUT2D eigenvalue weighted by atomic mass is 9.84. The van der Waals surface area contributed by atoms with Gasteiger partial charge in [0.1, 0.15) is 5.82 Å². The van der Waals surface area contributed by atoms with Crippen LogP contribution in [0.25, 0.3) is 11.0 Å². The Morgan fingerprint density at radius 1 is 1.12 bits per heavy atom. The molecule has 33 heavy (non-hydrogen) atoms. The van der Waals surface area contributed by atoms with Crippen LogP contribution in [-0.4, -0.2) is 27.4 Å². The van der Waals surface area contributed by atoms with Gasteiger partial charge in [-0.2, -0.15) is 0 Å². The summed E-state index contributed by atoms with van der Waals surface area (Å²) in [6.45, 7) is 4.60. The Labute approximate surface area is 191 Å². The molecule has 1 atom stereocenters. The summed E-state index contributed by atoms with van der Waals surface area (Å²) < 4.78 is 14.3. The van der Waals surface area contributed by atoms with Crippen molar-refractivity contribution in [1.29, 1.82) is 0 Å². The average molecular weight is 441 g/mol. The van der Waals surface area contributed by atoms with Crippen molar-refractivity contribution in [3.05, 3.63) is 94.6 Å². The first kappa shape index (κ1) is 20.0. The number of rotatable bonds is 2. The number of fused-ring (bicyclic) bond motifs is 4. The summed E-state index contributed by atoms with van der Waals surface area (Å²) in [5.41, 5.74) is 7.62. The largest absolute Gasteiger partial charge is 0.355 e. The van der Waals surface area contributed by atoms with Crippen LogP contribution < -0.4 is 5.32 Å². The number of nitrogens with zero attached hydrogens (tertiary/aromatic N) is 2. The van der Waals surface area contributed by atoms with Gasteiger partial charge < -0.3 is 15.2 Å². The van der Waals surface area contributed by atoms with Crippen LogP contribution in [-0.2, 0) is 5.41 Å². The van der Waals surface area contributed by atoms with Crippen LogP contribution in [0.3, 0.4) is 0 Å². The fraction of sp³-hybridized carbons (Fsp3) is 0.259. The standard InChI is InChI=1S/C27H25FN4O/c1-16-11-17(2)13-20(12-16)30-26(33)32-15-27(8-9-27)22-23-21(7-4-10-29-23)31-24(22)25(32)18-5-3-6-19(28)14-18/h3-7,10-14,25,31H,8-9,15H2,1-2H3,(H,30,33). The summed E-state index contributed by atoms with van der Waals surface area (Å²) in [6, 6.07) is 15.9. The Morgan fingerprint density at radius 3 is 2.64 bits per heavy atom. The first-order chi connectivity index (χ1) is 15.9. The number of aromatic nitrogens is 2. The molecule has 4 aromatic rings. The molecule has 1 unspecified atom stereocenters. The summed E-state index contributed by atoms with van der Waals surface area (Å²) in [5.74, 6) is -0.315. The van der Waals surface area contributed by atoms with E-state index in [1.807, 2.05) is 55.3 Å². The van der Waals surface area contributed by atoms with Crippen LogP contribution >= 0.6 is 0 Å². The van der Waals surface area contributed by atoms with Crippen molar-refractivity contribution in [3.63, 3.8) is 0 Å². The number of aromatic amines is 1. The molecule has 0 saturated heterocycles. The Balaban J connectivity index is 1.49. The lowest BCUT2D eigenvalue weighted by molar-refractivity contribution is 0.181. The minimum Gasteiger partial charge on any atom is -0.355 e. The number of hydrogen-bond acceptors (Lipinski definition) is 2. The molecular formula is C27H25FN4O. The highest BCUT2D eigenvalue weighted by Crippen LogP contribution is 2.57. The van der Waals surface area contributed by atoms with E-state index in [9.17, 15) is 9.18 Å². The summed E-state index contributed by atoms with van der Waals surface area (Å²) in [4.78, 5) is 23.8. The van der Waals surface area contributed by atoms with Gasteiger partial charge in [-0.05, 0) is 79.8 Å². The highest BCUT2D eigenvalue weighted by atomic mass is 19.1. The van der Waals surface area contributed by atoms with Gasteiger partial charge in [0.05, 0.1) is 17.1 Å². The van der Waals surface area contributed by atoms with E-state index in [0.717, 1.165) is 51.9 Å². The van der Waals surface area contributed by atoms with E-state index < -0.39 is 6.04 Å². The molecule has 6 rings (SSSR count). The molecule has 1 saturated carbocycles. The molecule has 0 radical (unpaired) electrons. The molecule has 6 heteroatoms. The van der Waals surface area contributed by atoms with Gasteiger partial charge in [0, 0.05) is 35.1 Å². The molecule has 3 heterocycles. The zero-order chi connectivity index (χ0) is 22.7. The van der Waals surface area contributed by atoms with Gasteiger partial charge >= 0.3 is 6.03 Å². The second kappa shape index (κ2) is 7.17. The molecule has 1 spiro atoms. The summed E-state index contributed by atoms with van der Waals surface area (Å²) in [7, 11) is 0.